The molecule has 0 aliphatic carbocycles. The fourth-order valence-electron chi connectivity index (χ4n) is 4.65. The van der Waals surface area contributed by atoms with Gasteiger partial charge in [0.05, 0.1) is 47.2 Å². The number of hydrogen-bond acceptors (Lipinski definition) is 8. The fraction of sp³-hybridized carbons (Fsp3) is 0.194. The van der Waals surface area contributed by atoms with E-state index in [0.29, 0.717) is 38.5 Å². The van der Waals surface area contributed by atoms with Crippen molar-refractivity contribution in [1.29, 1.82) is 0 Å². The lowest BCUT2D eigenvalue weighted by Crippen LogP contribution is -2.40. The lowest BCUT2D eigenvalue weighted by Gasteiger charge is -2.26. The van der Waals surface area contributed by atoms with Gasteiger partial charge >= 0.3 is 5.97 Å². The molecule has 10 heteroatoms. The summed E-state index contributed by atoms with van der Waals surface area (Å²) in [6.45, 7) is 4.30. The van der Waals surface area contributed by atoms with Crippen LogP contribution in [0.4, 0.5) is 0 Å². The van der Waals surface area contributed by atoms with Crippen molar-refractivity contribution < 1.29 is 24.1 Å². The largest absolute Gasteiger partial charge is 0.503 e. The van der Waals surface area contributed by atoms with E-state index in [-0.39, 0.29) is 34.3 Å². The predicted octanol–water partition coefficient (Wildman–Crippen LogP) is 4.70. The van der Waals surface area contributed by atoms with Crippen molar-refractivity contribution in [3.05, 3.63) is 114 Å². The molecule has 2 heterocycles. The highest BCUT2D eigenvalue weighted by Crippen LogP contribution is 2.37. The van der Waals surface area contributed by atoms with E-state index in [1.54, 1.807) is 25.1 Å². The van der Waals surface area contributed by atoms with Gasteiger partial charge in [0.1, 0.15) is 5.75 Å². The van der Waals surface area contributed by atoms with E-state index in [1.165, 1.54) is 23.0 Å². The molecule has 1 atom stereocenters. The quantitative estimate of drug-likeness (QED) is 0.299. The number of rotatable bonds is 8. The molecule has 4 aromatic rings. The fourth-order valence-corrected chi connectivity index (χ4v) is 5.87. The molecule has 3 aromatic carbocycles. The highest BCUT2D eigenvalue weighted by atomic mass is 35.5. The third-order valence-electron chi connectivity index (χ3n) is 6.45. The van der Waals surface area contributed by atoms with Crippen molar-refractivity contribution in [3.8, 4) is 17.2 Å². The number of hydrogen-bond donors (Lipinski definition) is 1. The molecule has 1 aliphatic heterocycles. The van der Waals surface area contributed by atoms with Crippen molar-refractivity contribution in [1.82, 2.24) is 4.57 Å². The lowest BCUT2D eigenvalue weighted by atomic mass is 9.93. The van der Waals surface area contributed by atoms with Crippen molar-refractivity contribution in [2.45, 2.75) is 19.9 Å². The Morgan fingerprint density at radius 2 is 1.83 bits per heavy atom. The van der Waals surface area contributed by atoms with Gasteiger partial charge in [-0.05, 0) is 55.3 Å². The Kier molecular flexibility index (Phi) is 8.28. The van der Waals surface area contributed by atoms with E-state index in [0.717, 1.165) is 5.56 Å². The van der Waals surface area contributed by atoms with Gasteiger partial charge in [-0.3, -0.25) is 9.36 Å². The Hall–Kier alpha value is -4.34. The zero-order valence-corrected chi connectivity index (χ0v) is 24.2. The van der Waals surface area contributed by atoms with Crippen LogP contribution in [0.2, 0.25) is 5.02 Å². The summed E-state index contributed by atoms with van der Waals surface area (Å²) in [5, 5.41) is 10.2. The number of methoxy groups -OCH3 is 1. The first-order valence-corrected chi connectivity index (χ1v) is 14.1. The molecule has 0 saturated carbocycles. The average Bonchev–Trinajstić information content (AvgIpc) is 3.29. The molecule has 0 unspecified atom stereocenters. The third kappa shape index (κ3) is 5.51. The molecule has 0 saturated heterocycles. The van der Waals surface area contributed by atoms with Crippen LogP contribution in [-0.4, -0.2) is 36.0 Å². The maximum absolute atomic E-state index is 14.0. The molecule has 0 fully saturated rings. The number of esters is 1. The molecule has 1 N–H and O–H groups in total. The number of phenols is 1. The molecule has 0 radical (unpaired) electrons. The minimum Gasteiger partial charge on any atom is -0.503 e. The summed E-state index contributed by atoms with van der Waals surface area (Å²) in [6, 6.07) is 19.0. The number of benzene rings is 3. The van der Waals surface area contributed by atoms with E-state index in [4.69, 9.17) is 30.8 Å². The third-order valence-corrected chi connectivity index (χ3v) is 7.72. The first kappa shape index (κ1) is 28.2. The molecule has 41 heavy (non-hydrogen) atoms. The number of carbonyl (C=O) groups is 1. The van der Waals surface area contributed by atoms with Crippen LogP contribution in [0, 0.1) is 0 Å². The zero-order chi connectivity index (χ0) is 29.1. The molecule has 0 amide bonds. The van der Waals surface area contributed by atoms with Gasteiger partial charge in [-0.1, -0.05) is 65.4 Å². The standard InChI is InChI=1S/C31H27ClN2O6S/c1-4-39-21-13-11-20(12-14-21)27-25(30(37)40-5-2)26(19-9-7-6-8-10-19)33-31-34(27)29(36)24(41-31)17-18-15-22(32)28(35)23(16-18)38-3/h6-17,27,35H,4-5H2,1-3H3/b24-17-/t27-/m0/s1. The molecule has 0 spiro atoms. The summed E-state index contributed by atoms with van der Waals surface area (Å²) in [7, 11) is 1.42. The van der Waals surface area contributed by atoms with Crippen LogP contribution in [-0.2, 0) is 9.53 Å². The summed E-state index contributed by atoms with van der Waals surface area (Å²) in [5.74, 6) is 0.111. The zero-order valence-electron chi connectivity index (χ0n) is 22.6. The summed E-state index contributed by atoms with van der Waals surface area (Å²) in [5.41, 5.74) is 2.33. The maximum atomic E-state index is 14.0. The molecule has 1 aromatic heterocycles. The van der Waals surface area contributed by atoms with Crippen molar-refractivity contribution in [2.24, 2.45) is 4.99 Å². The van der Waals surface area contributed by atoms with Gasteiger partial charge in [0.2, 0.25) is 0 Å². The van der Waals surface area contributed by atoms with Crippen LogP contribution in [0.3, 0.4) is 0 Å². The highest BCUT2D eigenvalue weighted by Gasteiger charge is 2.35. The molecular formula is C31H27ClN2O6S. The number of fused-ring (bicyclic) bond motifs is 1. The number of phenolic OH excluding ortho intramolecular Hbond substituents is 1. The van der Waals surface area contributed by atoms with E-state index < -0.39 is 12.0 Å². The number of nitrogens with zero attached hydrogens (tertiary/aromatic N) is 2. The Bertz CT molecular complexity index is 1810. The monoisotopic (exact) mass is 590 g/mol. The van der Waals surface area contributed by atoms with E-state index >= 15 is 0 Å². The summed E-state index contributed by atoms with van der Waals surface area (Å²) in [6.07, 6.45) is 1.66. The number of ether oxygens (including phenoxy) is 3. The van der Waals surface area contributed by atoms with Crippen molar-refractivity contribution >= 4 is 40.7 Å². The molecule has 8 nitrogen and oxygen atoms in total. The normalized spacial score (nSPS) is 14.8. The maximum Gasteiger partial charge on any atom is 0.338 e. The van der Waals surface area contributed by atoms with Gasteiger partial charge in [-0.25, -0.2) is 9.79 Å². The van der Waals surface area contributed by atoms with Crippen LogP contribution in [0.1, 0.15) is 36.6 Å². The van der Waals surface area contributed by atoms with E-state index in [2.05, 4.69) is 0 Å². The first-order valence-electron chi connectivity index (χ1n) is 12.9. The van der Waals surface area contributed by atoms with Gasteiger partial charge in [-0.15, -0.1) is 0 Å². The van der Waals surface area contributed by atoms with Gasteiger partial charge in [0.25, 0.3) is 5.56 Å². The van der Waals surface area contributed by atoms with Gasteiger partial charge in [0.15, 0.2) is 16.3 Å². The second-order valence-corrected chi connectivity index (χ2v) is 10.4. The first-order chi connectivity index (χ1) is 19.9. The second kappa shape index (κ2) is 12.0. The SMILES string of the molecule is CCOC(=O)C1=C(c2ccccc2)N=c2s/c(=C\c3cc(Cl)c(O)c(OC)c3)c(=O)n2[C@H]1c1ccc(OCC)cc1. The average molecular weight is 591 g/mol. The Morgan fingerprint density at radius 3 is 2.49 bits per heavy atom. The smallest absolute Gasteiger partial charge is 0.338 e. The van der Waals surface area contributed by atoms with E-state index in [1.807, 2.05) is 61.5 Å². The van der Waals surface area contributed by atoms with Gasteiger partial charge in [-0.2, -0.15) is 0 Å². The summed E-state index contributed by atoms with van der Waals surface area (Å²) in [4.78, 5) is 32.8. The Morgan fingerprint density at radius 1 is 1.10 bits per heavy atom. The van der Waals surface area contributed by atoms with Gasteiger partial charge < -0.3 is 19.3 Å². The number of carbonyl (C=O) groups excluding carboxylic acids is 1. The van der Waals surface area contributed by atoms with Crippen LogP contribution in [0.25, 0.3) is 11.8 Å². The van der Waals surface area contributed by atoms with Crippen LogP contribution in [0.5, 0.6) is 17.2 Å². The molecule has 1 aliphatic rings. The Labute approximate surface area is 245 Å². The number of halogens is 1. The topological polar surface area (TPSA) is 99.4 Å². The summed E-state index contributed by atoms with van der Waals surface area (Å²) >= 11 is 7.38. The van der Waals surface area contributed by atoms with E-state index in [9.17, 15) is 14.7 Å². The second-order valence-electron chi connectivity index (χ2n) is 8.99. The molecule has 0 bridgehead atoms. The van der Waals surface area contributed by atoms with Crippen molar-refractivity contribution in [2.75, 3.05) is 20.3 Å². The highest BCUT2D eigenvalue weighted by molar-refractivity contribution is 7.07. The van der Waals surface area contributed by atoms with Crippen LogP contribution < -0.4 is 24.4 Å². The lowest BCUT2D eigenvalue weighted by molar-refractivity contribution is -0.138. The predicted molar refractivity (Wildman–Crippen MR) is 158 cm³/mol. The minimum absolute atomic E-state index is 0.0894. The molecule has 5 rings (SSSR count). The molecule has 210 valence electrons. The number of aromatic nitrogens is 1. The summed E-state index contributed by atoms with van der Waals surface area (Å²) < 4.78 is 18.2. The van der Waals surface area contributed by atoms with Crippen LogP contribution >= 0.6 is 22.9 Å². The van der Waals surface area contributed by atoms with Crippen LogP contribution in [0.15, 0.2) is 82.1 Å². The van der Waals surface area contributed by atoms with Crippen molar-refractivity contribution in [3.63, 3.8) is 0 Å². The van der Waals surface area contributed by atoms with Gasteiger partial charge in [0, 0.05) is 5.56 Å². The number of aromatic hydroxyl groups is 1. The number of thiazole rings is 1. The molecular weight excluding hydrogens is 564 g/mol. The Balaban J connectivity index is 1.80. The minimum atomic E-state index is -0.809.